The van der Waals surface area contributed by atoms with Crippen LogP contribution in [0.4, 0.5) is 0 Å². The summed E-state index contributed by atoms with van der Waals surface area (Å²) in [6, 6.07) is 11.9. The smallest absolute Gasteiger partial charge is 0.287 e. The van der Waals surface area contributed by atoms with Crippen molar-refractivity contribution in [1.82, 2.24) is 15.1 Å². The highest BCUT2D eigenvalue weighted by molar-refractivity contribution is 5.91. The van der Waals surface area contributed by atoms with Crippen LogP contribution in [-0.4, -0.2) is 55.5 Å². The number of likely N-dealkylation sites (N-methyl/N-ethyl adjacent to an activating group) is 1. The standard InChI is InChI=1S/C21H29N3O3/c1-3-23-10-12-24(13-11-23)15-18-6-4-17(5-7-18)14-22-21(25)20-9-8-19(27-20)16-26-2/h4-9H,3,10-16H2,1-2H3,(H,22,25). The number of carbonyl (C=O) groups excluding carboxylic acids is 1. The van der Waals surface area contributed by atoms with Gasteiger partial charge < -0.3 is 19.4 Å². The number of hydrogen-bond acceptors (Lipinski definition) is 5. The van der Waals surface area contributed by atoms with Crippen LogP contribution in [0.2, 0.25) is 0 Å². The third kappa shape index (κ3) is 5.66. The van der Waals surface area contributed by atoms with E-state index in [1.54, 1.807) is 19.2 Å². The summed E-state index contributed by atoms with van der Waals surface area (Å²) >= 11 is 0. The van der Waals surface area contributed by atoms with Gasteiger partial charge in [-0.2, -0.15) is 0 Å². The first-order valence-electron chi connectivity index (χ1n) is 9.56. The number of nitrogens with zero attached hydrogens (tertiary/aromatic N) is 2. The van der Waals surface area contributed by atoms with Crippen LogP contribution in [0.3, 0.4) is 0 Å². The Balaban J connectivity index is 1.45. The number of amides is 1. The molecule has 1 aromatic carbocycles. The first-order chi connectivity index (χ1) is 13.2. The summed E-state index contributed by atoms with van der Waals surface area (Å²) in [5.41, 5.74) is 2.39. The molecular formula is C21H29N3O3. The number of furan rings is 1. The van der Waals surface area contributed by atoms with Gasteiger partial charge in [0.2, 0.25) is 0 Å². The molecule has 0 aliphatic carbocycles. The van der Waals surface area contributed by atoms with Crippen molar-refractivity contribution in [1.29, 1.82) is 0 Å². The minimum Gasteiger partial charge on any atom is -0.453 e. The lowest BCUT2D eigenvalue weighted by atomic mass is 10.1. The van der Waals surface area contributed by atoms with Crippen LogP contribution in [0.25, 0.3) is 0 Å². The van der Waals surface area contributed by atoms with Gasteiger partial charge in [-0.25, -0.2) is 0 Å². The lowest BCUT2D eigenvalue weighted by Crippen LogP contribution is -2.45. The number of ether oxygens (including phenoxy) is 1. The average Bonchev–Trinajstić information content (AvgIpc) is 3.17. The fraction of sp³-hybridized carbons (Fsp3) is 0.476. The van der Waals surface area contributed by atoms with Crippen molar-refractivity contribution < 1.29 is 13.9 Å². The molecule has 0 unspecified atom stereocenters. The Kier molecular flexibility index (Phi) is 7.04. The van der Waals surface area contributed by atoms with E-state index in [9.17, 15) is 4.79 Å². The summed E-state index contributed by atoms with van der Waals surface area (Å²) in [6.07, 6.45) is 0. The van der Waals surface area contributed by atoms with Gasteiger partial charge in [0.05, 0.1) is 0 Å². The second-order valence-corrected chi connectivity index (χ2v) is 6.91. The molecule has 1 aliphatic heterocycles. The normalized spacial score (nSPS) is 15.8. The van der Waals surface area contributed by atoms with Gasteiger partial charge in [0.1, 0.15) is 12.4 Å². The molecule has 27 heavy (non-hydrogen) atoms. The highest BCUT2D eigenvalue weighted by Crippen LogP contribution is 2.12. The number of piperazine rings is 1. The maximum absolute atomic E-state index is 12.2. The summed E-state index contributed by atoms with van der Waals surface area (Å²) < 4.78 is 10.4. The Labute approximate surface area is 161 Å². The van der Waals surface area contributed by atoms with Crippen molar-refractivity contribution in [2.45, 2.75) is 26.6 Å². The van der Waals surface area contributed by atoms with E-state index < -0.39 is 0 Å². The molecule has 0 spiro atoms. The van der Waals surface area contributed by atoms with Gasteiger partial charge in [0.25, 0.3) is 5.91 Å². The summed E-state index contributed by atoms with van der Waals surface area (Å²) in [7, 11) is 1.59. The monoisotopic (exact) mass is 371 g/mol. The first-order valence-corrected chi connectivity index (χ1v) is 9.56. The van der Waals surface area contributed by atoms with Crippen molar-refractivity contribution in [2.24, 2.45) is 0 Å². The first kappa shape index (κ1) is 19.6. The zero-order chi connectivity index (χ0) is 19.1. The number of nitrogens with one attached hydrogen (secondary N) is 1. The molecule has 1 fully saturated rings. The zero-order valence-electron chi connectivity index (χ0n) is 16.2. The topological polar surface area (TPSA) is 58.0 Å². The predicted octanol–water partition coefficient (Wildman–Crippen LogP) is 2.49. The van der Waals surface area contributed by atoms with E-state index in [1.165, 1.54) is 5.56 Å². The highest BCUT2D eigenvalue weighted by Gasteiger charge is 2.15. The van der Waals surface area contributed by atoms with Crippen LogP contribution >= 0.6 is 0 Å². The largest absolute Gasteiger partial charge is 0.453 e. The lowest BCUT2D eigenvalue weighted by Gasteiger charge is -2.34. The van der Waals surface area contributed by atoms with Crippen molar-refractivity contribution in [3.63, 3.8) is 0 Å². The predicted molar refractivity (Wildman–Crippen MR) is 104 cm³/mol. The van der Waals surface area contributed by atoms with Gasteiger partial charge in [-0.05, 0) is 29.8 Å². The number of carbonyl (C=O) groups is 1. The molecule has 0 radical (unpaired) electrons. The Bertz CT molecular complexity index is 719. The van der Waals surface area contributed by atoms with Gasteiger partial charge in [-0.3, -0.25) is 9.69 Å². The Hall–Kier alpha value is -2.15. The molecule has 6 heteroatoms. The Morgan fingerprint density at radius 2 is 1.70 bits per heavy atom. The molecule has 2 heterocycles. The molecule has 1 saturated heterocycles. The molecule has 0 bridgehead atoms. The summed E-state index contributed by atoms with van der Waals surface area (Å²) in [4.78, 5) is 17.1. The van der Waals surface area contributed by atoms with Crippen LogP contribution in [0.1, 0.15) is 34.4 Å². The van der Waals surface area contributed by atoms with Crippen LogP contribution in [-0.2, 0) is 24.4 Å². The summed E-state index contributed by atoms with van der Waals surface area (Å²) in [5, 5.41) is 2.89. The van der Waals surface area contributed by atoms with Gasteiger partial charge in [-0.1, -0.05) is 31.2 Å². The maximum atomic E-state index is 12.2. The van der Waals surface area contributed by atoms with Crippen molar-refractivity contribution in [3.8, 4) is 0 Å². The van der Waals surface area contributed by atoms with Gasteiger partial charge in [-0.15, -0.1) is 0 Å². The van der Waals surface area contributed by atoms with Crippen molar-refractivity contribution >= 4 is 5.91 Å². The average molecular weight is 371 g/mol. The van der Waals surface area contributed by atoms with E-state index in [4.69, 9.17) is 9.15 Å². The van der Waals surface area contributed by atoms with Gasteiger partial charge in [0, 0.05) is 46.4 Å². The van der Waals surface area contributed by atoms with E-state index in [0.29, 0.717) is 24.7 Å². The number of methoxy groups -OCH3 is 1. The molecule has 3 rings (SSSR count). The minimum atomic E-state index is -0.213. The quantitative estimate of drug-likeness (QED) is 0.773. The Morgan fingerprint density at radius 1 is 1.04 bits per heavy atom. The second-order valence-electron chi connectivity index (χ2n) is 6.91. The number of rotatable bonds is 8. The molecule has 0 atom stereocenters. The molecule has 6 nitrogen and oxygen atoms in total. The zero-order valence-corrected chi connectivity index (χ0v) is 16.2. The highest BCUT2D eigenvalue weighted by atomic mass is 16.5. The molecular weight excluding hydrogens is 342 g/mol. The second kappa shape index (κ2) is 9.69. The summed E-state index contributed by atoms with van der Waals surface area (Å²) in [6.45, 7) is 9.74. The minimum absolute atomic E-state index is 0.213. The van der Waals surface area contributed by atoms with E-state index in [2.05, 4.69) is 46.3 Å². The van der Waals surface area contributed by atoms with E-state index in [-0.39, 0.29) is 5.91 Å². The summed E-state index contributed by atoms with van der Waals surface area (Å²) in [5.74, 6) is 0.742. The number of benzene rings is 1. The van der Waals surface area contributed by atoms with E-state index in [1.807, 2.05) is 0 Å². The SMILES string of the molecule is CCN1CCN(Cc2ccc(CNC(=O)c3ccc(COC)o3)cc2)CC1. The van der Waals surface area contributed by atoms with Gasteiger partial charge >= 0.3 is 0 Å². The fourth-order valence-electron chi connectivity index (χ4n) is 3.27. The molecule has 1 amide bonds. The van der Waals surface area contributed by atoms with Crippen LogP contribution < -0.4 is 5.32 Å². The molecule has 2 aromatic rings. The van der Waals surface area contributed by atoms with Crippen LogP contribution in [0, 0.1) is 0 Å². The van der Waals surface area contributed by atoms with Crippen molar-refractivity contribution in [2.75, 3.05) is 39.8 Å². The molecule has 1 aliphatic rings. The van der Waals surface area contributed by atoms with E-state index >= 15 is 0 Å². The number of hydrogen-bond donors (Lipinski definition) is 1. The third-order valence-electron chi connectivity index (χ3n) is 4.97. The fourth-order valence-corrected chi connectivity index (χ4v) is 3.27. The lowest BCUT2D eigenvalue weighted by molar-refractivity contribution is 0.0914. The Morgan fingerprint density at radius 3 is 2.37 bits per heavy atom. The molecule has 146 valence electrons. The molecule has 1 N–H and O–H groups in total. The molecule has 0 saturated carbocycles. The third-order valence-corrected chi connectivity index (χ3v) is 4.97. The van der Waals surface area contributed by atoms with Crippen LogP contribution in [0.15, 0.2) is 40.8 Å². The van der Waals surface area contributed by atoms with E-state index in [0.717, 1.165) is 44.8 Å². The van der Waals surface area contributed by atoms with Crippen LogP contribution in [0.5, 0.6) is 0 Å². The van der Waals surface area contributed by atoms with Gasteiger partial charge in [0.15, 0.2) is 5.76 Å². The molecule has 1 aromatic heterocycles. The van der Waals surface area contributed by atoms with Crippen molar-refractivity contribution in [3.05, 3.63) is 59.0 Å². The maximum Gasteiger partial charge on any atom is 0.287 e.